The third-order valence-electron chi connectivity index (χ3n) is 3.40. The molecule has 0 bridgehead atoms. The molecule has 110 valence electrons. The van der Waals surface area contributed by atoms with Crippen LogP contribution in [-0.2, 0) is 11.3 Å². The molecule has 0 atom stereocenters. The molecule has 0 spiro atoms. The first-order chi connectivity index (χ1) is 9.46. The van der Waals surface area contributed by atoms with Crippen molar-refractivity contribution in [3.63, 3.8) is 0 Å². The van der Waals surface area contributed by atoms with E-state index in [1.807, 2.05) is 13.1 Å². The zero-order valence-corrected chi connectivity index (χ0v) is 12.3. The lowest BCUT2D eigenvalue weighted by atomic mass is 10.1. The second kappa shape index (κ2) is 7.80. The Kier molecular flexibility index (Phi) is 6.39. The van der Waals surface area contributed by atoms with Crippen molar-refractivity contribution in [3.8, 4) is 0 Å². The number of carboxylic acid groups (broad SMARTS) is 1. The number of carbonyl (C=O) groups is 1. The number of rotatable bonds is 7. The summed E-state index contributed by atoms with van der Waals surface area (Å²) in [5.74, 6) is -1.38. The summed E-state index contributed by atoms with van der Waals surface area (Å²) in [6.45, 7) is 4.92. The van der Waals surface area contributed by atoms with Gasteiger partial charge in [0.2, 0.25) is 0 Å². The highest BCUT2D eigenvalue weighted by molar-refractivity contribution is 5.85. The van der Waals surface area contributed by atoms with Crippen molar-refractivity contribution in [2.24, 2.45) is 0 Å². The largest absolute Gasteiger partial charge is 0.478 e. The van der Waals surface area contributed by atoms with Crippen LogP contribution in [0.15, 0.2) is 24.3 Å². The average molecular weight is 279 g/mol. The van der Waals surface area contributed by atoms with Gasteiger partial charge in [0.1, 0.15) is 5.82 Å². The second-order valence-electron chi connectivity index (χ2n) is 4.95. The lowest BCUT2D eigenvalue weighted by Crippen LogP contribution is -2.30. The molecular formula is C16H22FNO2. The molecular weight excluding hydrogens is 257 g/mol. The standard InChI is InChI=1S/C16H22FNO2/c1-4-15(5-2)18(3)11-13-8-12(6-7-16(19)20)9-14(17)10-13/h6-10,15H,4-5,11H2,1-3H3,(H,19,20). The molecule has 0 aliphatic carbocycles. The van der Waals surface area contributed by atoms with E-state index in [0.29, 0.717) is 18.2 Å². The molecule has 0 aromatic heterocycles. The van der Waals surface area contributed by atoms with E-state index in [4.69, 9.17) is 5.11 Å². The number of hydrogen-bond acceptors (Lipinski definition) is 2. The number of aliphatic carboxylic acids is 1. The minimum atomic E-state index is -1.04. The lowest BCUT2D eigenvalue weighted by molar-refractivity contribution is -0.131. The first kappa shape index (κ1) is 16.4. The SMILES string of the molecule is CCC(CC)N(C)Cc1cc(F)cc(C=CC(=O)O)c1. The van der Waals surface area contributed by atoms with Crippen LogP contribution in [0.2, 0.25) is 0 Å². The summed E-state index contributed by atoms with van der Waals surface area (Å²) < 4.78 is 13.6. The Hall–Kier alpha value is -1.68. The normalized spacial score (nSPS) is 11.7. The Morgan fingerprint density at radius 1 is 1.35 bits per heavy atom. The van der Waals surface area contributed by atoms with Gasteiger partial charge in [0.25, 0.3) is 0 Å². The Morgan fingerprint density at radius 2 is 2.00 bits per heavy atom. The summed E-state index contributed by atoms with van der Waals surface area (Å²) in [6, 6.07) is 5.12. The van der Waals surface area contributed by atoms with Gasteiger partial charge in [0.15, 0.2) is 0 Å². The van der Waals surface area contributed by atoms with Gasteiger partial charge >= 0.3 is 5.97 Å². The van der Waals surface area contributed by atoms with Crippen molar-refractivity contribution in [3.05, 3.63) is 41.2 Å². The van der Waals surface area contributed by atoms with Crippen LogP contribution in [0.25, 0.3) is 6.08 Å². The topological polar surface area (TPSA) is 40.5 Å². The molecule has 0 unspecified atom stereocenters. The molecule has 0 amide bonds. The van der Waals surface area contributed by atoms with Crippen LogP contribution < -0.4 is 0 Å². The molecule has 1 aromatic rings. The zero-order chi connectivity index (χ0) is 15.1. The highest BCUT2D eigenvalue weighted by Crippen LogP contribution is 2.15. The number of nitrogens with zero attached hydrogens (tertiary/aromatic N) is 1. The minimum Gasteiger partial charge on any atom is -0.478 e. The van der Waals surface area contributed by atoms with E-state index in [0.717, 1.165) is 24.5 Å². The maximum atomic E-state index is 13.6. The molecule has 0 aliphatic rings. The first-order valence-electron chi connectivity index (χ1n) is 6.87. The maximum absolute atomic E-state index is 13.6. The molecule has 0 fully saturated rings. The van der Waals surface area contributed by atoms with Crippen LogP contribution in [-0.4, -0.2) is 29.1 Å². The van der Waals surface area contributed by atoms with Gasteiger partial charge < -0.3 is 5.11 Å². The van der Waals surface area contributed by atoms with E-state index < -0.39 is 5.97 Å². The van der Waals surface area contributed by atoms with E-state index in [-0.39, 0.29) is 5.82 Å². The minimum absolute atomic E-state index is 0.342. The summed E-state index contributed by atoms with van der Waals surface area (Å²) in [4.78, 5) is 12.7. The fourth-order valence-electron chi connectivity index (χ4n) is 2.36. The molecule has 1 rings (SSSR count). The van der Waals surface area contributed by atoms with Gasteiger partial charge in [-0.2, -0.15) is 0 Å². The Morgan fingerprint density at radius 3 is 2.55 bits per heavy atom. The molecule has 0 saturated carbocycles. The number of hydrogen-bond donors (Lipinski definition) is 1. The predicted octanol–water partition coefficient (Wildman–Crippen LogP) is 3.54. The molecule has 0 radical (unpaired) electrons. The van der Waals surface area contributed by atoms with Crippen molar-refractivity contribution in [2.75, 3.05) is 7.05 Å². The van der Waals surface area contributed by atoms with E-state index in [1.165, 1.54) is 18.2 Å². The summed E-state index contributed by atoms with van der Waals surface area (Å²) in [7, 11) is 2.02. The Labute approximate surface area is 119 Å². The molecule has 1 N–H and O–H groups in total. The summed E-state index contributed by atoms with van der Waals surface area (Å²) in [5, 5.41) is 8.61. The van der Waals surface area contributed by atoms with Gasteiger partial charge in [0.05, 0.1) is 0 Å². The molecule has 0 aliphatic heterocycles. The lowest BCUT2D eigenvalue weighted by Gasteiger charge is -2.26. The number of halogens is 1. The highest BCUT2D eigenvalue weighted by atomic mass is 19.1. The van der Waals surface area contributed by atoms with Crippen molar-refractivity contribution in [1.29, 1.82) is 0 Å². The van der Waals surface area contributed by atoms with E-state index in [2.05, 4.69) is 18.7 Å². The van der Waals surface area contributed by atoms with Crippen LogP contribution in [0, 0.1) is 5.82 Å². The van der Waals surface area contributed by atoms with Gasteiger partial charge in [0, 0.05) is 18.7 Å². The van der Waals surface area contributed by atoms with Crippen molar-refractivity contribution >= 4 is 12.0 Å². The van der Waals surface area contributed by atoms with E-state index in [1.54, 1.807) is 0 Å². The molecule has 0 heterocycles. The van der Waals surface area contributed by atoms with Gasteiger partial charge in [-0.25, -0.2) is 9.18 Å². The molecule has 4 heteroatoms. The van der Waals surface area contributed by atoms with E-state index in [9.17, 15) is 9.18 Å². The van der Waals surface area contributed by atoms with Gasteiger partial charge in [-0.15, -0.1) is 0 Å². The third-order valence-corrected chi connectivity index (χ3v) is 3.40. The average Bonchev–Trinajstić information content (AvgIpc) is 2.37. The fraction of sp³-hybridized carbons (Fsp3) is 0.438. The quantitative estimate of drug-likeness (QED) is 0.776. The third kappa shape index (κ3) is 5.13. The van der Waals surface area contributed by atoms with Crippen LogP contribution in [0.5, 0.6) is 0 Å². The van der Waals surface area contributed by atoms with Crippen molar-refractivity contribution < 1.29 is 14.3 Å². The highest BCUT2D eigenvalue weighted by Gasteiger charge is 2.11. The Balaban J connectivity index is 2.87. The first-order valence-corrected chi connectivity index (χ1v) is 6.87. The summed E-state index contributed by atoms with van der Waals surface area (Å²) >= 11 is 0. The summed E-state index contributed by atoms with van der Waals surface area (Å²) in [6.07, 6.45) is 4.53. The smallest absolute Gasteiger partial charge is 0.328 e. The monoisotopic (exact) mass is 279 g/mol. The zero-order valence-electron chi connectivity index (χ0n) is 12.3. The van der Waals surface area contributed by atoms with Crippen LogP contribution in [0.3, 0.4) is 0 Å². The van der Waals surface area contributed by atoms with Crippen molar-refractivity contribution in [2.45, 2.75) is 39.3 Å². The predicted molar refractivity (Wildman–Crippen MR) is 78.9 cm³/mol. The second-order valence-corrected chi connectivity index (χ2v) is 4.95. The van der Waals surface area contributed by atoms with Gasteiger partial charge in [-0.05, 0) is 49.2 Å². The molecule has 3 nitrogen and oxygen atoms in total. The van der Waals surface area contributed by atoms with E-state index >= 15 is 0 Å². The molecule has 0 saturated heterocycles. The summed E-state index contributed by atoms with van der Waals surface area (Å²) in [5.41, 5.74) is 1.42. The van der Waals surface area contributed by atoms with Gasteiger partial charge in [-0.1, -0.05) is 19.9 Å². The molecule has 1 aromatic carbocycles. The number of carboxylic acids is 1. The van der Waals surface area contributed by atoms with Gasteiger partial charge in [-0.3, -0.25) is 4.90 Å². The maximum Gasteiger partial charge on any atom is 0.328 e. The van der Waals surface area contributed by atoms with Crippen LogP contribution >= 0.6 is 0 Å². The number of benzene rings is 1. The van der Waals surface area contributed by atoms with Crippen molar-refractivity contribution in [1.82, 2.24) is 4.90 Å². The molecule has 20 heavy (non-hydrogen) atoms. The fourth-order valence-corrected chi connectivity index (χ4v) is 2.36. The van der Waals surface area contributed by atoms with Crippen LogP contribution in [0.1, 0.15) is 37.8 Å². The van der Waals surface area contributed by atoms with Crippen LogP contribution in [0.4, 0.5) is 4.39 Å². The Bertz CT molecular complexity index is 481.